The number of anilines is 2. The number of nitrogens with zero attached hydrogens (tertiary/aromatic N) is 1. The van der Waals surface area contributed by atoms with E-state index in [1.807, 2.05) is 43.5 Å². The lowest BCUT2D eigenvalue weighted by Gasteiger charge is -2.10. The molecule has 0 radical (unpaired) electrons. The molecule has 0 bridgehead atoms. The summed E-state index contributed by atoms with van der Waals surface area (Å²) >= 11 is 1.67. The van der Waals surface area contributed by atoms with Crippen molar-refractivity contribution in [3.8, 4) is 0 Å². The number of thioether (sulfide) groups is 1. The van der Waals surface area contributed by atoms with Gasteiger partial charge in [0.05, 0.1) is 11.3 Å². The van der Waals surface area contributed by atoms with E-state index in [0.29, 0.717) is 5.56 Å². The van der Waals surface area contributed by atoms with Crippen LogP contribution in [0.4, 0.5) is 11.4 Å². The van der Waals surface area contributed by atoms with Crippen LogP contribution in [-0.2, 0) is 0 Å². The molecule has 0 aliphatic rings. The number of benzene rings is 1. The minimum absolute atomic E-state index is 0.168. The first kappa shape index (κ1) is 14.4. The average molecular weight is 287 g/mol. The molecule has 0 saturated heterocycles. The zero-order valence-electron chi connectivity index (χ0n) is 11.7. The van der Waals surface area contributed by atoms with Crippen LogP contribution in [0.2, 0.25) is 0 Å². The van der Waals surface area contributed by atoms with Gasteiger partial charge in [-0.25, -0.2) is 0 Å². The first-order chi connectivity index (χ1) is 9.63. The van der Waals surface area contributed by atoms with E-state index in [1.54, 1.807) is 25.0 Å². The fourth-order valence-corrected chi connectivity index (χ4v) is 2.23. The van der Waals surface area contributed by atoms with Crippen LogP contribution < -0.4 is 10.6 Å². The second-order valence-corrected chi connectivity index (χ2v) is 5.18. The van der Waals surface area contributed by atoms with Gasteiger partial charge in [-0.2, -0.15) is 0 Å². The molecular formula is C15H17N3OS. The maximum atomic E-state index is 12.3. The smallest absolute Gasteiger partial charge is 0.259 e. The number of amides is 1. The van der Waals surface area contributed by atoms with Crippen LogP contribution in [0.15, 0.2) is 41.4 Å². The van der Waals surface area contributed by atoms with Crippen molar-refractivity contribution >= 4 is 29.0 Å². The predicted molar refractivity (Wildman–Crippen MR) is 84.7 cm³/mol. The van der Waals surface area contributed by atoms with Gasteiger partial charge >= 0.3 is 0 Å². The predicted octanol–water partition coefficient (Wildman–Crippen LogP) is 3.41. The van der Waals surface area contributed by atoms with Gasteiger partial charge in [0, 0.05) is 29.5 Å². The monoisotopic (exact) mass is 287 g/mol. The molecule has 0 aliphatic carbocycles. The summed E-state index contributed by atoms with van der Waals surface area (Å²) in [6.07, 6.45) is 3.61. The van der Waals surface area contributed by atoms with Crippen molar-refractivity contribution in [1.29, 1.82) is 0 Å². The van der Waals surface area contributed by atoms with Gasteiger partial charge < -0.3 is 10.6 Å². The van der Waals surface area contributed by atoms with E-state index in [9.17, 15) is 4.79 Å². The second kappa shape index (κ2) is 6.43. The number of carbonyl (C=O) groups excluding carboxylic acids is 1. The van der Waals surface area contributed by atoms with E-state index in [0.717, 1.165) is 22.0 Å². The summed E-state index contributed by atoms with van der Waals surface area (Å²) in [5, 5.41) is 5.89. The average Bonchev–Trinajstić information content (AvgIpc) is 2.47. The first-order valence-electron chi connectivity index (χ1n) is 6.24. The van der Waals surface area contributed by atoms with E-state index >= 15 is 0 Å². The Hall–Kier alpha value is -2.01. The Morgan fingerprint density at radius 3 is 2.55 bits per heavy atom. The number of carbonyl (C=O) groups is 1. The maximum absolute atomic E-state index is 12.3. The van der Waals surface area contributed by atoms with Crippen LogP contribution in [0.3, 0.4) is 0 Å². The molecule has 1 aromatic heterocycles. The summed E-state index contributed by atoms with van der Waals surface area (Å²) in [5.41, 5.74) is 2.95. The molecule has 2 aromatic rings. The Bertz CT molecular complexity index is 611. The molecule has 2 rings (SSSR count). The minimum atomic E-state index is -0.168. The summed E-state index contributed by atoms with van der Waals surface area (Å²) in [7, 11) is 1.79. The molecule has 0 saturated carbocycles. The molecule has 1 amide bonds. The number of pyridine rings is 1. The normalized spacial score (nSPS) is 10.2. The van der Waals surface area contributed by atoms with Crippen LogP contribution in [0.25, 0.3) is 0 Å². The standard InChI is InChI=1S/C15H17N3OS/c1-10-8-14(16-2)13(9-17-10)15(19)18-11-4-6-12(20-3)7-5-11/h4-9H,1-3H3,(H,16,17)(H,18,19). The fraction of sp³-hybridized carbons (Fsp3) is 0.200. The molecule has 0 spiro atoms. The van der Waals surface area contributed by atoms with Gasteiger partial charge in [-0.1, -0.05) is 0 Å². The molecule has 1 aromatic carbocycles. The van der Waals surface area contributed by atoms with E-state index in [-0.39, 0.29) is 5.91 Å². The lowest BCUT2D eigenvalue weighted by atomic mass is 10.2. The lowest BCUT2D eigenvalue weighted by Crippen LogP contribution is -2.14. The summed E-state index contributed by atoms with van der Waals surface area (Å²) in [5.74, 6) is -0.168. The molecule has 2 N–H and O–H groups in total. The highest BCUT2D eigenvalue weighted by Crippen LogP contribution is 2.20. The molecule has 0 fully saturated rings. The van der Waals surface area contributed by atoms with Gasteiger partial charge in [0.2, 0.25) is 0 Å². The van der Waals surface area contributed by atoms with E-state index < -0.39 is 0 Å². The molecule has 0 aliphatic heterocycles. The molecule has 20 heavy (non-hydrogen) atoms. The minimum Gasteiger partial charge on any atom is -0.387 e. The molecule has 4 nitrogen and oxygen atoms in total. The van der Waals surface area contributed by atoms with Crippen molar-refractivity contribution in [3.05, 3.63) is 47.8 Å². The van der Waals surface area contributed by atoms with Crippen molar-refractivity contribution < 1.29 is 4.79 Å². The molecule has 104 valence electrons. The molecule has 0 atom stereocenters. The molecular weight excluding hydrogens is 270 g/mol. The van der Waals surface area contributed by atoms with E-state index in [4.69, 9.17) is 0 Å². The van der Waals surface area contributed by atoms with Gasteiger partial charge in [0.1, 0.15) is 0 Å². The number of nitrogens with one attached hydrogen (secondary N) is 2. The third-order valence-corrected chi connectivity index (χ3v) is 3.65. The Morgan fingerprint density at radius 1 is 1.25 bits per heavy atom. The van der Waals surface area contributed by atoms with Crippen LogP contribution in [0.1, 0.15) is 16.1 Å². The summed E-state index contributed by atoms with van der Waals surface area (Å²) < 4.78 is 0. The van der Waals surface area contributed by atoms with Crippen molar-refractivity contribution in [3.63, 3.8) is 0 Å². The maximum Gasteiger partial charge on any atom is 0.259 e. The summed E-state index contributed by atoms with van der Waals surface area (Å²) in [6, 6.07) is 9.60. The Balaban J connectivity index is 2.19. The van der Waals surface area contributed by atoms with E-state index in [2.05, 4.69) is 15.6 Å². The van der Waals surface area contributed by atoms with Crippen LogP contribution >= 0.6 is 11.8 Å². The SMILES string of the molecule is CNc1cc(C)ncc1C(=O)Nc1ccc(SC)cc1. The molecule has 1 heterocycles. The van der Waals surface area contributed by atoms with Crippen molar-refractivity contribution in [1.82, 2.24) is 4.98 Å². The Kier molecular flexibility index (Phi) is 4.63. The molecule has 0 unspecified atom stereocenters. The zero-order valence-corrected chi connectivity index (χ0v) is 12.5. The highest BCUT2D eigenvalue weighted by atomic mass is 32.2. The van der Waals surface area contributed by atoms with Gasteiger partial charge in [-0.15, -0.1) is 11.8 Å². The van der Waals surface area contributed by atoms with E-state index in [1.165, 1.54) is 0 Å². The van der Waals surface area contributed by atoms with Gasteiger partial charge in [0.15, 0.2) is 0 Å². The van der Waals surface area contributed by atoms with Gasteiger partial charge in [-0.05, 0) is 43.5 Å². The third kappa shape index (κ3) is 3.30. The van der Waals surface area contributed by atoms with Crippen LogP contribution in [-0.4, -0.2) is 24.2 Å². The number of aryl methyl sites for hydroxylation is 1. The highest BCUT2D eigenvalue weighted by molar-refractivity contribution is 7.98. The number of hydrogen-bond donors (Lipinski definition) is 2. The Labute approximate surface area is 123 Å². The number of aromatic nitrogens is 1. The first-order valence-corrected chi connectivity index (χ1v) is 7.46. The topological polar surface area (TPSA) is 54.0 Å². The highest BCUT2D eigenvalue weighted by Gasteiger charge is 2.11. The third-order valence-electron chi connectivity index (χ3n) is 2.90. The van der Waals surface area contributed by atoms with Gasteiger partial charge in [0.25, 0.3) is 5.91 Å². The van der Waals surface area contributed by atoms with Crippen molar-refractivity contribution in [2.75, 3.05) is 23.9 Å². The largest absolute Gasteiger partial charge is 0.387 e. The number of hydrogen-bond acceptors (Lipinski definition) is 4. The van der Waals surface area contributed by atoms with Gasteiger partial charge in [-0.3, -0.25) is 9.78 Å². The number of rotatable bonds is 4. The summed E-state index contributed by atoms with van der Waals surface area (Å²) in [4.78, 5) is 17.6. The fourth-order valence-electron chi connectivity index (χ4n) is 1.82. The second-order valence-electron chi connectivity index (χ2n) is 4.30. The summed E-state index contributed by atoms with van der Waals surface area (Å²) in [6.45, 7) is 1.89. The quantitative estimate of drug-likeness (QED) is 0.846. The zero-order chi connectivity index (χ0) is 14.5. The van der Waals surface area contributed by atoms with Crippen molar-refractivity contribution in [2.24, 2.45) is 0 Å². The van der Waals surface area contributed by atoms with Crippen molar-refractivity contribution in [2.45, 2.75) is 11.8 Å². The lowest BCUT2D eigenvalue weighted by molar-refractivity contribution is 0.102. The van der Waals surface area contributed by atoms with Crippen LogP contribution in [0, 0.1) is 6.92 Å². The van der Waals surface area contributed by atoms with Crippen LogP contribution in [0.5, 0.6) is 0 Å². The molecule has 5 heteroatoms. The Morgan fingerprint density at radius 2 is 1.95 bits per heavy atom.